The molecule has 0 spiro atoms. The van der Waals surface area contributed by atoms with Gasteiger partial charge in [-0.25, -0.2) is 0 Å². The van der Waals surface area contributed by atoms with Gasteiger partial charge in [0.1, 0.15) is 0 Å². The standard InChI is InChI=1S/C5H12S4/c1-5(2,8-3-6)9-4-7/h6-7H,3-4H2,1-2H3. The molecule has 0 aliphatic rings. The van der Waals surface area contributed by atoms with E-state index in [1.807, 2.05) is 23.5 Å². The second kappa shape index (κ2) is 5.10. The number of thiol groups is 2. The summed E-state index contributed by atoms with van der Waals surface area (Å²) in [5.74, 6) is 0. The molecule has 0 aromatic rings. The summed E-state index contributed by atoms with van der Waals surface area (Å²) in [6.07, 6.45) is 0. The molecule has 0 unspecified atom stereocenters. The van der Waals surface area contributed by atoms with Crippen molar-refractivity contribution in [2.45, 2.75) is 17.9 Å². The molecular weight excluding hydrogens is 188 g/mol. The fraction of sp³-hybridized carbons (Fsp3) is 1.00. The quantitative estimate of drug-likeness (QED) is 0.529. The van der Waals surface area contributed by atoms with Gasteiger partial charge in [-0.3, -0.25) is 0 Å². The summed E-state index contributed by atoms with van der Waals surface area (Å²) in [7, 11) is 0. The maximum Gasteiger partial charge on any atom is 0.0571 e. The average Bonchev–Trinajstić information content (AvgIpc) is 1.64. The summed E-state index contributed by atoms with van der Waals surface area (Å²) >= 11 is 11.9. The van der Waals surface area contributed by atoms with Gasteiger partial charge in [0.25, 0.3) is 0 Å². The zero-order valence-corrected chi connectivity index (χ0v) is 9.05. The predicted octanol–water partition coefficient (Wildman–Crippen LogP) is 2.96. The lowest BCUT2D eigenvalue weighted by atomic mass is 10.5. The minimum Gasteiger partial charge on any atom is -0.168 e. The van der Waals surface area contributed by atoms with Gasteiger partial charge in [0.05, 0.1) is 4.08 Å². The summed E-state index contributed by atoms with van der Waals surface area (Å²) in [4.78, 5) is 0. The van der Waals surface area contributed by atoms with Crippen LogP contribution in [0.15, 0.2) is 0 Å². The Kier molecular flexibility index (Phi) is 5.90. The van der Waals surface area contributed by atoms with E-state index in [0.29, 0.717) is 0 Å². The highest BCUT2D eigenvalue weighted by Crippen LogP contribution is 2.36. The van der Waals surface area contributed by atoms with Gasteiger partial charge in [-0.2, -0.15) is 25.3 Å². The lowest BCUT2D eigenvalue weighted by molar-refractivity contribution is 1.03. The van der Waals surface area contributed by atoms with Gasteiger partial charge >= 0.3 is 0 Å². The average molecular weight is 200 g/mol. The largest absolute Gasteiger partial charge is 0.168 e. The highest BCUT2D eigenvalue weighted by molar-refractivity contribution is 8.24. The van der Waals surface area contributed by atoms with Crippen LogP contribution in [0.1, 0.15) is 13.8 Å². The molecule has 0 amide bonds. The van der Waals surface area contributed by atoms with Crippen molar-refractivity contribution < 1.29 is 0 Å². The first kappa shape index (κ1) is 10.4. The second-order valence-electron chi connectivity index (χ2n) is 1.95. The van der Waals surface area contributed by atoms with Crippen LogP contribution < -0.4 is 0 Å². The molecule has 0 rings (SSSR count). The Labute approximate surface area is 76.8 Å². The topological polar surface area (TPSA) is 0 Å². The molecule has 0 aliphatic heterocycles. The van der Waals surface area contributed by atoms with Crippen molar-refractivity contribution in [1.82, 2.24) is 0 Å². The molecule has 0 radical (unpaired) electrons. The molecular formula is C5H12S4. The Hall–Kier alpha value is 1.40. The molecule has 0 aliphatic carbocycles. The van der Waals surface area contributed by atoms with E-state index < -0.39 is 0 Å². The van der Waals surface area contributed by atoms with Crippen molar-refractivity contribution in [3.05, 3.63) is 0 Å². The van der Waals surface area contributed by atoms with E-state index in [2.05, 4.69) is 39.1 Å². The van der Waals surface area contributed by atoms with Gasteiger partial charge in [-0.1, -0.05) is 0 Å². The lowest BCUT2D eigenvalue weighted by Crippen LogP contribution is -2.08. The fourth-order valence-electron chi connectivity index (χ4n) is 0.353. The Balaban J connectivity index is 3.43. The van der Waals surface area contributed by atoms with Gasteiger partial charge in [-0.15, -0.1) is 23.5 Å². The third-order valence-electron chi connectivity index (χ3n) is 0.824. The molecule has 0 aromatic carbocycles. The Bertz CT molecular complexity index is 63.4. The minimum atomic E-state index is 0.281. The molecule has 0 heterocycles. The summed E-state index contributed by atoms with van der Waals surface area (Å²) < 4.78 is 0.281. The maximum atomic E-state index is 4.13. The first-order valence-corrected chi connectivity index (χ1v) is 5.85. The van der Waals surface area contributed by atoms with Crippen LogP contribution in [0.25, 0.3) is 0 Å². The van der Waals surface area contributed by atoms with Crippen molar-refractivity contribution in [3.8, 4) is 0 Å². The number of thioether (sulfide) groups is 2. The third-order valence-corrected chi connectivity index (χ3v) is 3.95. The monoisotopic (exact) mass is 200 g/mol. The van der Waals surface area contributed by atoms with Crippen molar-refractivity contribution in [3.63, 3.8) is 0 Å². The summed E-state index contributed by atoms with van der Waals surface area (Å²) in [6.45, 7) is 4.38. The molecule has 0 saturated carbocycles. The molecule has 0 aromatic heterocycles. The SMILES string of the molecule is CC(C)(SCS)SCS. The van der Waals surface area contributed by atoms with Crippen LogP contribution in [-0.4, -0.2) is 14.2 Å². The number of rotatable bonds is 4. The van der Waals surface area contributed by atoms with Crippen molar-refractivity contribution >= 4 is 48.8 Å². The summed E-state index contributed by atoms with van der Waals surface area (Å²) in [6, 6.07) is 0. The van der Waals surface area contributed by atoms with Crippen LogP contribution in [0, 0.1) is 0 Å². The smallest absolute Gasteiger partial charge is 0.0571 e. The molecule has 0 N–H and O–H groups in total. The van der Waals surface area contributed by atoms with Crippen molar-refractivity contribution in [1.29, 1.82) is 0 Å². The van der Waals surface area contributed by atoms with E-state index in [1.165, 1.54) is 0 Å². The molecule has 9 heavy (non-hydrogen) atoms. The van der Waals surface area contributed by atoms with Crippen LogP contribution in [0.2, 0.25) is 0 Å². The first-order chi connectivity index (χ1) is 4.12. The zero-order valence-electron chi connectivity index (χ0n) is 5.63. The van der Waals surface area contributed by atoms with Crippen molar-refractivity contribution in [2.24, 2.45) is 0 Å². The van der Waals surface area contributed by atoms with E-state index >= 15 is 0 Å². The van der Waals surface area contributed by atoms with Gasteiger partial charge < -0.3 is 0 Å². The Morgan fingerprint density at radius 3 is 1.67 bits per heavy atom. The molecule has 4 heteroatoms. The highest BCUT2D eigenvalue weighted by atomic mass is 32.2. The molecule has 0 nitrogen and oxygen atoms in total. The van der Waals surface area contributed by atoms with E-state index in [9.17, 15) is 0 Å². The summed E-state index contributed by atoms with van der Waals surface area (Å²) in [5.41, 5.74) is 0. The molecule has 0 fully saturated rings. The lowest BCUT2D eigenvalue weighted by Gasteiger charge is -2.20. The fourth-order valence-corrected chi connectivity index (χ4v) is 4.12. The molecule has 0 bridgehead atoms. The summed E-state index contributed by atoms with van der Waals surface area (Å²) in [5, 5.41) is 1.77. The molecule has 0 saturated heterocycles. The van der Waals surface area contributed by atoms with Gasteiger partial charge in [0.15, 0.2) is 0 Å². The van der Waals surface area contributed by atoms with Crippen molar-refractivity contribution in [2.75, 3.05) is 10.2 Å². The van der Waals surface area contributed by atoms with Gasteiger partial charge in [-0.05, 0) is 13.8 Å². The first-order valence-electron chi connectivity index (χ1n) is 2.62. The van der Waals surface area contributed by atoms with Crippen LogP contribution >= 0.6 is 48.8 Å². The third kappa shape index (κ3) is 5.83. The van der Waals surface area contributed by atoms with Crippen LogP contribution in [-0.2, 0) is 0 Å². The number of hydrogen-bond acceptors (Lipinski definition) is 4. The predicted molar refractivity (Wildman–Crippen MR) is 57.0 cm³/mol. The Morgan fingerprint density at radius 2 is 1.44 bits per heavy atom. The normalized spacial score (nSPS) is 12.0. The van der Waals surface area contributed by atoms with Crippen LogP contribution in [0.5, 0.6) is 0 Å². The van der Waals surface area contributed by atoms with E-state index in [-0.39, 0.29) is 4.08 Å². The minimum absolute atomic E-state index is 0.281. The van der Waals surface area contributed by atoms with E-state index in [0.717, 1.165) is 10.2 Å². The van der Waals surface area contributed by atoms with Crippen LogP contribution in [0.3, 0.4) is 0 Å². The van der Waals surface area contributed by atoms with E-state index in [4.69, 9.17) is 0 Å². The second-order valence-corrected chi connectivity index (χ2v) is 6.89. The molecule has 56 valence electrons. The van der Waals surface area contributed by atoms with Gasteiger partial charge in [0.2, 0.25) is 0 Å². The maximum absolute atomic E-state index is 4.13. The number of hydrogen-bond donors (Lipinski definition) is 2. The Morgan fingerprint density at radius 1 is 1.11 bits per heavy atom. The van der Waals surface area contributed by atoms with Crippen LogP contribution in [0.4, 0.5) is 0 Å². The van der Waals surface area contributed by atoms with E-state index in [1.54, 1.807) is 0 Å². The highest BCUT2D eigenvalue weighted by Gasteiger charge is 2.16. The molecule has 0 atom stereocenters. The zero-order chi connectivity index (χ0) is 7.33. The van der Waals surface area contributed by atoms with Gasteiger partial charge in [0, 0.05) is 10.2 Å².